The van der Waals surface area contributed by atoms with Crippen molar-refractivity contribution in [3.63, 3.8) is 0 Å². The summed E-state index contributed by atoms with van der Waals surface area (Å²) in [5.74, 6) is -1.52. The van der Waals surface area contributed by atoms with Crippen LogP contribution in [0, 0.1) is 5.92 Å². The molecule has 2 rings (SSSR count). The molecule has 1 heterocycles. The second-order valence-electron chi connectivity index (χ2n) is 4.70. The average Bonchev–Trinajstić information content (AvgIpc) is 2.18. The smallest absolute Gasteiger partial charge is 0.168 e. The third-order valence-corrected chi connectivity index (χ3v) is 3.46. The molecule has 3 heteroatoms. The van der Waals surface area contributed by atoms with Gasteiger partial charge in [0.05, 0.1) is 6.10 Å². The fourth-order valence-corrected chi connectivity index (χ4v) is 2.48. The van der Waals surface area contributed by atoms with Crippen molar-refractivity contribution in [2.45, 2.75) is 45.3 Å². The van der Waals surface area contributed by atoms with Crippen LogP contribution in [0.1, 0.15) is 33.6 Å². The van der Waals surface area contributed by atoms with E-state index in [1.807, 2.05) is 6.92 Å². The van der Waals surface area contributed by atoms with E-state index in [0.717, 1.165) is 12.8 Å². The number of rotatable bonds is 0. The normalized spacial score (nSPS) is 41.3. The van der Waals surface area contributed by atoms with E-state index in [-0.39, 0.29) is 12.0 Å². The van der Waals surface area contributed by atoms with Crippen molar-refractivity contribution in [1.29, 1.82) is 0 Å². The highest BCUT2D eigenvalue weighted by Gasteiger charge is 2.47. The van der Waals surface area contributed by atoms with Crippen molar-refractivity contribution in [3.8, 4) is 0 Å². The summed E-state index contributed by atoms with van der Waals surface area (Å²) in [6.07, 6.45) is 3.55. The van der Waals surface area contributed by atoms with Gasteiger partial charge in [0.25, 0.3) is 0 Å². The van der Waals surface area contributed by atoms with Gasteiger partial charge < -0.3 is 4.74 Å². The molecule has 0 spiro atoms. The van der Waals surface area contributed by atoms with E-state index in [9.17, 15) is 8.78 Å². The van der Waals surface area contributed by atoms with Gasteiger partial charge in [-0.3, -0.25) is 0 Å². The number of halogens is 2. The summed E-state index contributed by atoms with van der Waals surface area (Å²) in [6.45, 7) is 5.15. The van der Waals surface area contributed by atoms with E-state index in [0.29, 0.717) is 5.57 Å². The number of hydrogen-bond acceptors (Lipinski definition) is 1. The van der Waals surface area contributed by atoms with Crippen molar-refractivity contribution in [2.75, 3.05) is 0 Å². The van der Waals surface area contributed by atoms with E-state index in [1.165, 1.54) is 0 Å². The van der Waals surface area contributed by atoms with Gasteiger partial charge in [0, 0.05) is 5.92 Å². The Morgan fingerprint density at radius 3 is 2.73 bits per heavy atom. The molecule has 3 atom stereocenters. The molecule has 0 saturated carbocycles. The summed E-state index contributed by atoms with van der Waals surface area (Å²) < 4.78 is 32.9. The minimum Gasteiger partial charge on any atom is -0.364 e. The van der Waals surface area contributed by atoms with Gasteiger partial charge in [-0.05, 0) is 39.2 Å². The summed E-state index contributed by atoms with van der Waals surface area (Å²) in [6, 6.07) is 0. The van der Waals surface area contributed by atoms with Gasteiger partial charge in [-0.25, -0.2) is 8.78 Å². The first kappa shape index (κ1) is 10.8. The largest absolute Gasteiger partial charge is 0.364 e. The maximum absolute atomic E-state index is 13.9. The fourth-order valence-electron chi connectivity index (χ4n) is 2.48. The molecule has 15 heavy (non-hydrogen) atoms. The van der Waals surface area contributed by atoms with Crippen LogP contribution in [-0.2, 0) is 4.74 Å². The Bertz CT molecular complexity index is 346. The molecule has 84 valence electrons. The van der Waals surface area contributed by atoms with Gasteiger partial charge in [-0.1, -0.05) is 6.08 Å². The molecule has 1 nitrogen and oxygen atoms in total. The van der Waals surface area contributed by atoms with Gasteiger partial charge in [0.1, 0.15) is 5.60 Å². The molecule has 0 aromatic rings. The van der Waals surface area contributed by atoms with Crippen LogP contribution < -0.4 is 0 Å². The van der Waals surface area contributed by atoms with Crippen LogP contribution in [0.5, 0.6) is 0 Å². The van der Waals surface area contributed by atoms with Crippen LogP contribution in [0.4, 0.5) is 8.78 Å². The van der Waals surface area contributed by atoms with E-state index in [1.54, 1.807) is 19.9 Å². The monoisotopic (exact) mass is 214 g/mol. The van der Waals surface area contributed by atoms with Gasteiger partial charge in [-0.2, -0.15) is 0 Å². The summed E-state index contributed by atoms with van der Waals surface area (Å²) in [5.41, 5.74) is -0.686. The zero-order valence-electron chi connectivity index (χ0n) is 9.31. The molecule has 1 aliphatic carbocycles. The third kappa shape index (κ3) is 1.53. The first-order chi connectivity index (χ1) is 6.95. The molecule has 0 N–H and O–H groups in total. The lowest BCUT2D eigenvalue weighted by molar-refractivity contribution is -0.124. The molecule has 3 unspecified atom stereocenters. The van der Waals surface area contributed by atoms with Crippen molar-refractivity contribution >= 4 is 0 Å². The molecule has 1 fully saturated rings. The molecule has 2 aliphatic rings. The first-order valence-electron chi connectivity index (χ1n) is 5.37. The topological polar surface area (TPSA) is 9.23 Å². The van der Waals surface area contributed by atoms with Crippen LogP contribution in [-0.4, -0.2) is 11.7 Å². The predicted octanol–water partition coefficient (Wildman–Crippen LogP) is 3.67. The molecule has 1 saturated heterocycles. The minimum absolute atomic E-state index is 0.00314. The summed E-state index contributed by atoms with van der Waals surface area (Å²) in [4.78, 5) is 0. The van der Waals surface area contributed by atoms with Crippen molar-refractivity contribution in [2.24, 2.45) is 5.92 Å². The van der Waals surface area contributed by atoms with Gasteiger partial charge in [-0.15, -0.1) is 0 Å². The van der Waals surface area contributed by atoms with Crippen LogP contribution in [0.2, 0.25) is 0 Å². The van der Waals surface area contributed by atoms with E-state index in [4.69, 9.17) is 4.74 Å². The molecule has 0 amide bonds. The Morgan fingerprint density at radius 2 is 2.07 bits per heavy atom. The molecular formula is C12H16F2O. The number of ether oxygens (including phenoxy) is 1. The Balaban J connectivity index is 2.41. The highest BCUT2D eigenvalue weighted by molar-refractivity contribution is 5.37. The summed E-state index contributed by atoms with van der Waals surface area (Å²) in [5, 5.41) is 0. The summed E-state index contributed by atoms with van der Waals surface area (Å²) in [7, 11) is 0. The molecule has 0 aromatic heterocycles. The van der Waals surface area contributed by atoms with Crippen LogP contribution in [0.25, 0.3) is 0 Å². The van der Waals surface area contributed by atoms with E-state index >= 15 is 0 Å². The lowest BCUT2D eigenvalue weighted by atomic mass is 9.76. The Labute approximate surface area is 88.8 Å². The Morgan fingerprint density at radius 1 is 1.40 bits per heavy atom. The second kappa shape index (κ2) is 3.41. The van der Waals surface area contributed by atoms with Gasteiger partial charge in [0.15, 0.2) is 11.7 Å². The van der Waals surface area contributed by atoms with Gasteiger partial charge in [0.2, 0.25) is 0 Å². The van der Waals surface area contributed by atoms with Crippen molar-refractivity contribution in [3.05, 3.63) is 23.3 Å². The Hall–Kier alpha value is -0.700. The maximum Gasteiger partial charge on any atom is 0.168 e. The molecule has 0 aromatic carbocycles. The van der Waals surface area contributed by atoms with Crippen LogP contribution >= 0.6 is 0 Å². The SMILES string of the molecule is CC1=CC2CCC(C)OC2(C)C(F)=C1F. The fraction of sp³-hybridized carbons (Fsp3) is 0.667. The zero-order valence-corrected chi connectivity index (χ0v) is 9.31. The molecule has 1 aliphatic heterocycles. The minimum atomic E-state index is -1.08. The first-order valence-corrected chi connectivity index (χ1v) is 5.37. The Kier molecular flexibility index (Phi) is 2.45. The highest BCUT2D eigenvalue weighted by Crippen LogP contribution is 2.46. The van der Waals surface area contributed by atoms with Crippen LogP contribution in [0.3, 0.4) is 0 Å². The average molecular weight is 214 g/mol. The lowest BCUT2D eigenvalue weighted by Gasteiger charge is -2.44. The standard InChI is InChI=1S/C12H16F2O/c1-7-6-9-5-4-8(2)15-12(9,3)11(14)10(7)13/h6,8-9H,4-5H2,1-3H3. The highest BCUT2D eigenvalue weighted by atomic mass is 19.2. The molecule has 0 radical (unpaired) electrons. The molecular weight excluding hydrogens is 198 g/mol. The van der Waals surface area contributed by atoms with Gasteiger partial charge >= 0.3 is 0 Å². The predicted molar refractivity (Wildman–Crippen MR) is 54.7 cm³/mol. The van der Waals surface area contributed by atoms with Crippen molar-refractivity contribution in [1.82, 2.24) is 0 Å². The van der Waals surface area contributed by atoms with E-state index in [2.05, 4.69) is 0 Å². The maximum atomic E-state index is 13.9. The number of fused-ring (bicyclic) bond motifs is 1. The number of hydrogen-bond donors (Lipinski definition) is 0. The second-order valence-corrected chi connectivity index (χ2v) is 4.70. The molecule has 0 bridgehead atoms. The number of allylic oxidation sites excluding steroid dienone is 2. The van der Waals surface area contributed by atoms with E-state index < -0.39 is 17.3 Å². The summed E-state index contributed by atoms with van der Waals surface area (Å²) >= 11 is 0. The van der Waals surface area contributed by atoms with Crippen LogP contribution in [0.15, 0.2) is 23.3 Å². The lowest BCUT2D eigenvalue weighted by Crippen LogP contribution is -2.46. The van der Waals surface area contributed by atoms with Crippen molar-refractivity contribution < 1.29 is 13.5 Å². The third-order valence-electron chi connectivity index (χ3n) is 3.46. The zero-order chi connectivity index (χ0) is 11.2. The quantitative estimate of drug-likeness (QED) is 0.597.